The number of ether oxygens (including phenoxy) is 1. The lowest BCUT2D eigenvalue weighted by Gasteiger charge is -2.22. The molecule has 0 fully saturated rings. The SMILES string of the molecule is CC.CCC1=CC(OCc2ccccc2)CC(CCc2ccccc2)=C1. The van der Waals surface area contributed by atoms with Crippen molar-refractivity contribution >= 4 is 0 Å². The van der Waals surface area contributed by atoms with E-state index < -0.39 is 0 Å². The van der Waals surface area contributed by atoms with E-state index in [1.807, 2.05) is 19.9 Å². The number of allylic oxidation sites excluding steroid dienone is 2. The van der Waals surface area contributed by atoms with Crippen molar-refractivity contribution < 1.29 is 4.74 Å². The first kappa shape index (κ1) is 20.2. The van der Waals surface area contributed by atoms with Crippen LogP contribution in [-0.2, 0) is 17.8 Å². The Kier molecular flexibility index (Phi) is 8.92. The summed E-state index contributed by atoms with van der Waals surface area (Å²) >= 11 is 0. The summed E-state index contributed by atoms with van der Waals surface area (Å²) in [5.41, 5.74) is 5.57. The molecule has 0 saturated heterocycles. The molecule has 0 bridgehead atoms. The fraction of sp³-hybridized carbons (Fsp3) is 0.360. The van der Waals surface area contributed by atoms with E-state index in [1.54, 1.807) is 0 Å². The van der Waals surface area contributed by atoms with E-state index in [0.29, 0.717) is 6.61 Å². The molecule has 1 atom stereocenters. The fourth-order valence-electron chi connectivity index (χ4n) is 3.15. The molecule has 0 radical (unpaired) electrons. The van der Waals surface area contributed by atoms with Crippen LogP contribution in [0.2, 0.25) is 0 Å². The van der Waals surface area contributed by atoms with Crippen LogP contribution in [0.5, 0.6) is 0 Å². The molecule has 0 heterocycles. The molecule has 1 aliphatic carbocycles. The van der Waals surface area contributed by atoms with Gasteiger partial charge in [-0.25, -0.2) is 0 Å². The Balaban J connectivity index is 0.00000117. The third-order valence-electron chi connectivity index (χ3n) is 4.55. The molecule has 1 heteroatoms. The monoisotopic (exact) mass is 348 g/mol. The molecule has 0 aliphatic heterocycles. The molecule has 0 aromatic heterocycles. The summed E-state index contributed by atoms with van der Waals surface area (Å²) in [5.74, 6) is 0. The van der Waals surface area contributed by atoms with Crippen molar-refractivity contribution in [2.24, 2.45) is 0 Å². The van der Waals surface area contributed by atoms with Crippen LogP contribution in [0.1, 0.15) is 51.2 Å². The molecule has 2 aromatic rings. The average molecular weight is 349 g/mol. The summed E-state index contributed by atoms with van der Waals surface area (Å²) in [5, 5.41) is 0. The van der Waals surface area contributed by atoms with Crippen LogP contribution in [0.3, 0.4) is 0 Å². The van der Waals surface area contributed by atoms with Crippen LogP contribution in [-0.4, -0.2) is 6.10 Å². The lowest BCUT2D eigenvalue weighted by Crippen LogP contribution is -2.15. The van der Waals surface area contributed by atoms with E-state index in [1.165, 1.54) is 22.3 Å². The predicted octanol–water partition coefficient (Wildman–Crippen LogP) is 6.90. The number of aryl methyl sites for hydroxylation is 1. The summed E-state index contributed by atoms with van der Waals surface area (Å²) in [6, 6.07) is 21.2. The molecular weight excluding hydrogens is 316 g/mol. The number of hydrogen-bond acceptors (Lipinski definition) is 1. The van der Waals surface area contributed by atoms with E-state index >= 15 is 0 Å². The van der Waals surface area contributed by atoms with E-state index in [0.717, 1.165) is 25.7 Å². The highest BCUT2D eigenvalue weighted by Crippen LogP contribution is 2.26. The van der Waals surface area contributed by atoms with Crippen molar-refractivity contribution in [1.82, 2.24) is 0 Å². The van der Waals surface area contributed by atoms with Gasteiger partial charge in [0.15, 0.2) is 0 Å². The molecule has 26 heavy (non-hydrogen) atoms. The maximum absolute atomic E-state index is 6.17. The van der Waals surface area contributed by atoms with Crippen molar-refractivity contribution in [3.8, 4) is 0 Å². The van der Waals surface area contributed by atoms with Crippen LogP contribution in [0.15, 0.2) is 84.0 Å². The van der Waals surface area contributed by atoms with Gasteiger partial charge in [-0.05, 0) is 42.4 Å². The van der Waals surface area contributed by atoms with E-state index in [9.17, 15) is 0 Å². The second-order valence-electron chi connectivity index (χ2n) is 6.42. The van der Waals surface area contributed by atoms with Gasteiger partial charge in [0.05, 0.1) is 12.7 Å². The third-order valence-corrected chi connectivity index (χ3v) is 4.55. The second kappa shape index (κ2) is 11.5. The topological polar surface area (TPSA) is 9.23 Å². The smallest absolute Gasteiger partial charge is 0.0803 e. The lowest BCUT2D eigenvalue weighted by atomic mass is 9.92. The van der Waals surface area contributed by atoms with Crippen LogP contribution in [0.4, 0.5) is 0 Å². The summed E-state index contributed by atoms with van der Waals surface area (Å²) in [6.07, 6.45) is 9.20. The zero-order valence-electron chi connectivity index (χ0n) is 16.4. The van der Waals surface area contributed by atoms with Crippen LogP contribution in [0.25, 0.3) is 0 Å². The summed E-state index contributed by atoms with van der Waals surface area (Å²) < 4.78 is 6.17. The minimum Gasteiger partial charge on any atom is -0.369 e. The second-order valence-corrected chi connectivity index (χ2v) is 6.42. The van der Waals surface area contributed by atoms with Gasteiger partial charge in [-0.2, -0.15) is 0 Å². The number of hydrogen-bond donors (Lipinski definition) is 0. The molecule has 0 spiro atoms. The summed E-state index contributed by atoms with van der Waals surface area (Å²) in [7, 11) is 0. The molecule has 3 rings (SSSR count). The molecule has 1 aliphatic rings. The molecule has 0 amide bonds. The molecule has 2 aromatic carbocycles. The Hall–Kier alpha value is -2.12. The van der Waals surface area contributed by atoms with Crippen molar-refractivity contribution in [2.45, 2.75) is 59.2 Å². The maximum atomic E-state index is 6.17. The highest BCUT2D eigenvalue weighted by molar-refractivity contribution is 5.31. The van der Waals surface area contributed by atoms with Crippen molar-refractivity contribution in [3.05, 3.63) is 95.1 Å². The summed E-state index contributed by atoms with van der Waals surface area (Å²) in [6.45, 7) is 6.90. The minimum atomic E-state index is 0.205. The van der Waals surface area contributed by atoms with Gasteiger partial charge in [0.25, 0.3) is 0 Å². The number of rotatable bonds is 7. The molecule has 1 unspecified atom stereocenters. The van der Waals surface area contributed by atoms with E-state index in [-0.39, 0.29) is 6.10 Å². The van der Waals surface area contributed by atoms with Crippen molar-refractivity contribution in [3.63, 3.8) is 0 Å². The Morgan fingerprint density at radius 2 is 1.46 bits per heavy atom. The Labute approximate surface area is 159 Å². The molecule has 138 valence electrons. The minimum absolute atomic E-state index is 0.205. The van der Waals surface area contributed by atoms with Crippen LogP contribution < -0.4 is 0 Å². The maximum Gasteiger partial charge on any atom is 0.0803 e. The van der Waals surface area contributed by atoms with Gasteiger partial charge in [-0.3, -0.25) is 0 Å². The lowest BCUT2D eigenvalue weighted by molar-refractivity contribution is 0.0703. The van der Waals surface area contributed by atoms with Crippen LogP contribution in [0, 0.1) is 0 Å². The van der Waals surface area contributed by atoms with Crippen LogP contribution >= 0.6 is 0 Å². The highest BCUT2D eigenvalue weighted by Gasteiger charge is 2.15. The van der Waals surface area contributed by atoms with E-state index in [2.05, 4.69) is 73.7 Å². The highest BCUT2D eigenvalue weighted by atomic mass is 16.5. The standard InChI is InChI=1S/C23H26O.C2H6/c1-2-19-15-22(14-13-20-9-5-3-6-10-20)17-23(16-19)24-18-21-11-7-4-8-12-21;1-2/h3-12,15-16,23H,2,13-14,17-18H2,1H3;1-2H3. The third kappa shape index (κ3) is 6.65. The first-order valence-electron chi connectivity index (χ1n) is 9.93. The zero-order valence-corrected chi connectivity index (χ0v) is 16.4. The predicted molar refractivity (Wildman–Crippen MR) is 112 cm³/mol. The molecule has 1 nitrogen and oxygen atoms in total. The largest absolute Gasteiger partial charge is 0.369 e. The van der Waals surface area contributed by atoms with E-state index in [4.69, 9.17) is 4.74 Å². The average Bonchev–Trinajstić information content (AvgIpc) is 2.73. The van der Waals surface area contributed by atoms with Gasteiger partial charge in [0.2, 0.25) is 0 Å². The fourth-order valence-corrected chi connectivity index (χ4v) is 3.15. The number of benzene rings is 2. The van der Waals surface area contributed by atoms with Gasteiger partial charge in [-0.1, -0.05) is 99.2 Å². The first-order chi connectivity index (χ1) is 12.8. The van der Waals surface area contributed by atoms with Gasteiger partial charge in [-0.15, -0.1) is 0 Å². The zero-order chi connectivity index (χ0) is 18.6. The molecular formula is C25H32O. The quantitative estimate of drug-likeness (QED) is 0.529. The normalized spacial score (nSPS) is 16.2. The van der Waals surface area contributed by atoms with Crippen molar-refractivity contribution in [2.75, 3.05) is 0 Å². The summed E-state index contributed by atoms with van der Waals surface area (Å²) in [4.78, 5) is 0. The Bertz CT molecular complexity index is 683. The first-order valence-corrected chi connectivity index (χ1v) is 9.93. The van der Waals surface area contributed by atoms with Gasteiger partial charge in [0, 0.05) is 0 Å². The van der Waals surface area contributed by atoms with Gasteiger partial charge >= 0.3 is 0 Å². The van der Waals surface area contributed by atoms with Gasteiger partial charge < -0.3 is 4.74 Å². The van der Waals surface area contributed by atoms with Crippen molar-refractivity contribution in [1.29, 1.82) is 0 Å². The molecule has 0 saturated carbocycles. The Morgan fingerprint density at radius 3 is 2.08 bits per heavy atom. The Morgan fingerprint density at radius 1 is 0.846 bits per heavy atom. The van der Waals surface area contributed by atoms with Gasteiger partial charge in [0.1, 0.15) is 0 Å². The molecule has 0 N–H and O–H groups in total.